The molecule has 0 unspecified atom stereocenters. The molecule has 35 heavy (non-hydrogen) atoms. The SMILES string of the molecule is CCOc1ccc(OC(=O)c2ccc(-c3ccc(-c4ccc(CO)cc4)c(F)c3F)cc2)c(F)c1. The van der Waals surface area contributed by atoms with Crippen molar-refractivity contribution in [3.05, 3.63) is 107 Å². The Morgan fingerprint density at radius 1 is 0.800 bits per heavy atom. The minimum atomic E-state index is -1.03. The van der Waals surface area contributed by atoms with Gasteiger partial charge in [0.2, 0.25) is 0 Å². The lowest BCUT2D eigenvalue weighted by Gasteiger charge is -2.11. The van der Waals surface area contributed by atoms with Crippen molar-refractivity contribution in [2.75, 3.05) is 6.61 Å². The molecule has 178 valence electrons. The molecule has 4 aromatic carbocycles. The number of rotatable bonds is 7. The summed E-state index contributed by atoms with van der Waals surface area (Å²) >= 11 is 0. The van der Waals surface area contributed by atoms with Gasteiger partial charge in [-0.05, 0) is 47.9 Å². The zero-order valence-corrected chi connectivity index (χ0v) is 18.7. The first-order valence-electron chi connectivity index (χ1n) is 10.8. The zero-order chi connectivity index (χ0) is 24.9. The fraction of sp³-hybridized carbons (Fsp3) is 0.107. The van der Waals surface area contributed by atoms with Gasteiger partial charge in [0, 0.05) is 17.2 Å². The number of aliphatic hydroxyl groups is 1. The zero-order valence-electron chi connectivity index (χ0n) is 18.7. The molecule has 0 amide bonds. The van der Waals surface area contributed by atoms with Crippen LogP contribution in [0.2, 0.25) is 0 Å². The van der Waals surface area contributed by atoms with E-state index in [4.69, 9.17) is 14.6 Å². The maximum atomic E-state index is 14.9. The van der Waals surface area contributed by atoms with Crippen LogP contribution in [-0.2, 0) is 6.61 Å². The van der Waals surface area contributed by atoms with Gasteiger partial charge < -0.3 is 14.6 Å². The van der Waals surface area contributed by atoms with Gasteiger partial charge in [-0.2, -0.15) is 0 Å². The molecule has 4 rings (SSSR count). The van der Waals surface area contributed by atoms with Crippen molar-refractivity contribution >= 4 is 5.97 Å². The van der Waals surface area contributed by atoms with Crippen LogP contribution in [0.5, 0.6) is 11.5 Å². The predicted octanol–water partition coefficient (Wildman–Crippen LogP) is 6.55. The van der Waals surface area contributed by atoms with Crippen molar-refractivity contribution in [3.63, 3.8) is 0 Å². The van der Waals surface area contributed by atoms with Crippen molar-refractivity contribution in [2.45, 2.75) is 13.5 Å². The topological polar surface area (TPSA) is 55.8 Å². The van der Waals surface area contributed by atoms with Crippen LogP contribution >= 0.6 is 0 Å². The highest BCUT2D eigenvalue weighted by Crippen LogP contribution is 2.32. The van der Waals surface area contributed by atoms with Crippen LogP contribution in [0, 0.1) is 17.5 Å². The highest BCUT2D eigenvalue weighted by atomic mass is 19.2. The third-order valence-corrected chi connectivity index (χ3v) is 5.38. The van der Waals surface area contributed by atoms with Crippen molar-refractivity contribution < 1.29 is 32.5 Å². The Bertz CT molecular complexity index is 1350. The number of carbonyl (C=O) groups is 1. The van der Waals surface area contributed by atoms with E-state index in [0.29, 0.717) is 29.0 Å². The molecule has 0 aliphatic carbocycles. The van der Waals surface area contributed by atoms with Crippen LogP contribution in [0.25, 0.3) is 22.3 Å². The van der Waals surface area contributed by atoms with E-state index in [1.54, 1.807) is 31.2 Å². The molecule has 0 saturated carbocycles. The lowest BCUT2D eigenvalue weighted by atomic mass is 9.97. The molecule has 4 nitrogen and oxygen atoms in total. The van der Waals surface area contributed by atoms with Crippen LogP contribution in [-0.4, -0.2) is 17.7 Å². The van der Waals surface area contributed by atoms with E-state index in [-0.39, 0.29) is 29.0 Å². The largest absolute Gasteiger partial charge is 0.494 e. The van der Waals surface area contributed by atoms with E-state index in [2.05, 4.69) is 0 Å². The molecule has 1 N–H and O–H groups in total. The molecule has 0 aliphatic rings. The summed E-state index contributed by atoms with van der Waals surface area (Å²) in [5, 5.41) is 9.14. The van der Waals surface area contributed by atoms with Crippen molar-refractivity contribution in [3.8, 4) is 33.8 Å². The first kappa shape index (κ1) is 24.0. The molecule has 0 heterocycles. The molecule has 0 radical (unpaired) electrons. The first-order chi connectivity index (χ1) is 16.9. The van der Waals surface area contributed by atoms with E-state index in [0.717, 1.165) is 6.07 Å². The van der Waals surface area contributed by atoms with Gasteiger partial charge in [-0.1, -0.05) is 48.5 Å². The van der Waals surface area contributed by atoms with Gasteiger partial charge in [0.25, 0.3) is 0 Å². The summed E-state index contributed by atoms with van der Waals surface area (Å²) in [4.78, 5) is 12.4. The predicted molar refractivity (Wildman–Crippen MR) is 126 cm³/mol. The highest BCUT2D eigenvalue weighted by molar-refractivity contribution is 5.91. The number of hydrogen-bond donors (Lipinski definition) is 1. The number of esters is 1. The number of benzene rings is 4. The summed E-state index contributed by atoms with van der Waals surface area (Å²) in [6.07, 6.45) is 0. The summed E-state index contributed by atoms with van der Waals surface area (Å²) in [5.41, 5.74) is 1.72. The van der Waals surface area contributed by atoms with Crippen molar-refractivity contribution in [1.29, 1.82) is 0 Å². The van der Waals surface area contributed by atoms with E-state index in [1.807, 2.05) is 0 Å². The van der Waals surface area contributed by atoms with Gasteiger partial charge in [0.05, 0.1) is 18.8 Å². The molecule has 0 saturated heterocycles. The summed E-state index contributed by atoms with van der Waals surface area (Å²) in [5.74, 6) is -3.51. The monoisotopic (exact) mass is 478 g/mol. The molecule has 4 aromatic rings. The van der Waals surface area contributed by atoms with E-state index < -0.39 is 23.4 Å². The van der Waals surface area contributed by atoms with E-state index >= 15 is 0 Å². The van der Waals surface area contributed by atoms with Crippen LogP contribution < -0.4 is 9.47 Å². The lowest BCUT2D eigenvalue weighted by molar-refractivity contribution is 0.0727. The van der Waals surface area contributed by atoms with Crippen LogP contribution in [0.4, 0.5) is 13.2 Å². The molecule has 0 fully saturated rings. The fourth-order valence-electron chi connectivity index (χ4n) is 3.55. The normalized spacial score (nSPS) is 10.8. The molecule has 7 heteroatoms. The van der Waals surface area contributed by atoms with Crippen molar-refractivity contribution in [2.24, 2.45) is 0 Å². The summed E-state index contributed by atoms with van der Waals surface area (Å²) in [6, 6.07) is 19.0. The number of hydrogen-bond acceptors (Lipinski definition) is 4. The molecular formula is C28H21F3O4. The Labute approximate surface area is 200 Å². The lowest BCUT2D eigenvalue weighted by Crippen LogP contribution is -2.09. The van der Waals surface area contributed by atoms with Gasteiger partial charge in [-0.25, -0.2) is 18.0 Å². The third-order valence-electron chi connectivity index (χ3n) is 5.38. The number of carbonyl (C=O) groups excluding carboxylic acids is 1. The number of aliphatic hydroxyl groups excluding tert-OH is 1. The Balaban J connectivity index is 1.53. The minimum absolute atomic E-state index is 0.0238. The second kappa shape index (κ2) is 10.4. The Morgan fingerprint density at radius 3 is 1.89 bits per heavy atom. The second-order valence-corrected chi connectivity index (χ2v) is 7.64. The number of halogens is 3. The van der Waals surface area contributed by atoms with E-state index in [1.165, 1.54) is 48.5 Å². The van der Waals surface area contributed by atoms with Crippen LogP contribution in [0.1, 0.15) is 22.8 Å². The summed E-state index contributed by atoms with van der Waals surface area (Å²) in [6.45, 7) is 1.99. The molecule has 0 aliphatic heterocycles. The minimum Gasteiger partial charge on any atom is -0.494 e. The maximum Gasteiger partial charge on any atom is 0.343 e. The molecule has 0 spiro atoms. The Hall–Kier alpha value is -4.10. The highest BCUT2D eigenvalue weighted by Gasteiger charge is 2.17. The smallest absolute Gasteiger partial charge is 0.343 e. The third kappa shape index (κ3) is 5.20. The van der Waals surface area contributed by atoms with Crippen LogP contribution in [0.15, 0.2) is 78.9 Å². The first-order valence-corrected chi connectivity index (χ1v) is 10.8. The maximum absolute atomic E-state index is 14.9. The number of ether oxygens (including phenoxy) is 2. The van der Waals surface area contributed by atoms with E-state index in [9.17, 15) is 18.0 Å². The summed E-state index contributed by atoms with van der Waals surface area (Å²) in [7, 11) is 0. The fourth-order valence-corrected chi connectivity index (χ4v) is 3.55. The van der Waals surface area contributed by atoms with Gasteiger partial charge in [0.15, 0.2) is 23.2 Å². The molecule has 0 aromatic heterocycles. The standard InChI is InChI=1S/C28H21F3O4/c1-2-34-21-11-14-25(24(29)15-21)35-28(33)20-9-7-19(8-10-20)23-13-12-22(26(30)27(23)31)18-5-3-17(16-32)4-6-18/h3-15,32H,2,16H2,1H3. The molecular weight excluding hydrogens is 457 g/mol. The van der Waals surface area contributed by atoms with Gasteiger partial charge in [-0.15, -0.1) is 0 Å². The van der Waals surface area contributed by atoms with Crippen LogP contribution in [0.3, 0.4) is 0 Å². The molecule has 0 bridgehead atoms. The van der Waals surface area contributed by atoms with Gasteiger partial charge >= 0.3 is 5.97 Å². The Morgan fingerprint density at radius 2 is 1.37 bits per heavy atom. The quantitative estimate of drug-likeness (QED) is 0.242. The van der Waals surface area contributed by atoms with Gasteiger partial charge in [0.1, 0.15) is 5.75 Å². The average molecular weight is 478 g/mol. The van der Waals surface area contributed by atoms with Gasteiger partial charge in [-0.3, -0.25) is 0 Å². The summed E-state index contributed by atoms with van der Waals surface area (Å²) < 4.78 is 54.2. The van der Waals surface area contributed by atoms with Crippen molar-refractivity contribution in [1.82, 2.24) is 0 Å². The Kier molecular flexibility index (Phi) is 7.17. The second-order valence-electron chi connectivity index (χ2n) is 7.64. The molecule has 0 atom stereocenters. The average Bonchev–Trinajstić information content (AvgIpc) is 2.87.